The Kier molecular flexibility index (Phi) is 2.94. The van der Waals surface area contributed by atoms with Crippen molar-refractivity contribution in [2.24, 2.45) is 0 Å². The molecule has 1 aromatic carbocycles. The maximum Gasteiger partial charge on any atom is 0.163 e. The number of hydrogen-bond acceptors (Lipinski definition) is 2. The van der Waals surface area contributed by atoms with Crippen LogP contribution >= 0.6 is 12.4 Å². The summed E-state index contributed by atoms with van der Waals surface area (Å²) in [6.45, 7) is 0. The molecule has 0 radical (unpaired) electrons. The molecule has 0 saturated carbocycles. The third kappa shape index (κ3) is 1.83. The Labute approximate surface area is 83.0 Å². The normalized spacial score (nSPS) is 14.6. The van der Waals surface area contributed by atoms with Crippen LogP contribution < -0.4 is 0 Å². The number of rotatable bonds is 0. The molecular weight excluding hydrogens is 188 g/mol. The molecule has 0 aliphatic heterocycles. The van der Waals surface area contributed by atoms with Crippen LogP contribution in [-0.4, -0.2) is 10.9 Å². The van der Waals surface area contributed by atoms with Gasteiger partial charge in [-0.1, -0.05) is 0 Å². The van der Waals surface area contributed by atoms with Crippen molar-refractivity contribution in [1.82, 2.24) is 0 Å². The van der Waals surface area contributed by atoms with Crippen LogP contribution in [-0.2, 0) is 6.42 Å². The average Bonchev–Trinajstić information content (AvgIpc) is 2.04. The van der Waals surface area contributed by atoms with Gasteiger partial charge in [-0.3, -0.25) is 4.79 Å². The molecule has 2 rings (SSSR count). The zero-order valence-corrected chi connectivity index (χ0v) is 7.93. The van der Waals surface area contributed by atoms with E-state index in [-0.39, 0.29) is 23.9 Å². The molecule has 0 amide bonds. The van der Waals surface area contributed by atoms with Crippen molar-refractivity contribution in [1.29, 1.82) is 0 Å². The number of benzene rings is 1. The first-order chi connectivity index (χ1) is 5.77. The fourth-order valence-corrected chi connectivity index (χ4v) is 1.63. The van der Waals surface area contributed by atoms with E-state index in [1.807, 2.05) is 0 Å². The molecule has 0 heterocycles. The highest BCUT2D eigenvalue weighted by atomic mass is 35.5. The van der Waals surface area contributed by atoms with Gasteiger partial charge in [0, 0.05) is 12.0 Å². The predicted molar refractivity (Wildman–Crippen MR) is 52.6 cm³/mol. The van der Waals surface area contributed by atoms with Gasteiger partial charge in [-0.2, -0.15) is 0 Å². The standard InChI is InChI=1S/C10H10O2.ClH/c11-8-4-5-9-7(6-8)2-1-3-10(9)12;/h4-6,11H,1-3H2;1H. The second-order valence-electron chi connectivity index (χ2n) is 3.12. The van der Waals surface area contributed by atoms with E-state index in [2.05, 4.69) is 0 Å². The minimum absolute atomic E-state index is 0. The molecule has 0 aromatic heterocycles. The number of ketones is 1. The number of phenolic OH excluding ortho intramolecular Hbond substituents is 1. The summed E-state index contributed by atoms with van der Waals surface area (Å²) in [6.07, 6.45) is 2.47. The van der Waals surface area contributed by atoms with E-state index in [0.717, 1.165) is 24.0 Å². The number of Topliss-reactive ketones (excluding diaryl/α,β-unsaturated/α-hetero) is 1. The number of phenols is 1. The van der Waals surface area contributed by atoms with Crippen molar-refractivity contribution >= 4 is 18.2 Å². The Morgan fingerprint density at radius 2 is 2.00 bits per heavy atom. The van der Waals surface area contributed by atoms with E-state index < -0.39 is 0 Å². The Bertz CT molecular complexity index is 334. The molecule has 3 heteroatoms. The number of halogens is 1. The summed E-state index contributed by atoms with van der Waals surface area (Å²) in [6, 6.07) is 4.97. The molecule has 0 fully saturated rings. The van der Waals surface area contributed by atoms with Crippen LogP contribution in [0.15, 0.2) is 18.2 Å². The average molecular weight is 199 g/mol. The molecule has 1 aliphatic carbocycles. The molecular formula is C10H11ClO2. The van der Waals surface area contributed by atoms with Crippen molar-refractivity contribution in [3.63, 3.8) is 0 Å². The van der Waals surface area contributed by atoms with Gasteiger partial charge >= 0.3 is 0 Å². The fourth-order valence-electron chi connectivity index (χ4n) is 1.63. The summed E-state index contributed by atoms with van der Waals surface area (Å²) in [5, 5.41) is 9.16. The molecule has 0 atom stereocenters. The highest BCUT2D eigenvalue weighted by Crippen LogP contribution is 2.24. The number of aromatic hydroxyl groups is 1. The van der Waals surface area contributed by atoms with E-state index in [9.17, 15) is 4.79 Å². The third-order valence-electron chi connectivity index (χ3n) is 2.24. The number of carbonyl (C=O) groups is 1. The van der Waals surface area contributed by atoms with Crippen LogP contribution in [0.25, 0.3) is 0 Å². The van der Waals surface area contributed by atoms with Crippen LogP contribution in [0.4, 0.5) is 0 Å². The largest absolute Gasteiger partial charge is 0.508 e. The van der Waals surface area contributed by atoms with E-state index in [4.69, 9.17) is 5.11 Å². The van der Waals surface area contributed by atoms with Crippen LogP contribution in [0.3, 0.4) is 0 Å². The summed E-state index contributed by atoms with van der Waals surface area (Å²) >= 11 is 0. The molecule has 1 aromatic rings. The molecule has 2 nitrogen and oxygen atoms in total. The predicted octanol–water partition coefficient (Wildman–Crippen LogP) is 2.33. The topological polar surface area (TPSA) is 37.3 Å². The minimum Gasteiger partial charge on any atom is -0.508 e. The molecule has 13 heavy (non-hydrogen) atoms. The Morgan fingerprint density at radius 3 is 2.77 bits per heavy atom. The monoisotopic (exact) mass is 198 g/mol. The first kappa shape index (κ1) is 10.1. The van der Waals surface area contributed by atoms with E-state index in [0.29, 0.717) is 6.42 Å². The van der Waals surface area contributed by atoms with Gasteiger partial charge in [-0.15, -0.1) is 12.4 Å². The lowest BCUT2D eigenvalue weighted by molar-refractivity contribution is 0.0972. The third-order valence-corrected chi connectivity index (χ3v) is 2.24. The van der Waals surface area contributed by atoms with E-state index in [1.54, 1.807) is 18.2 Å². The van der Waals surface area contributed by atoms with E-state index >= 15 is 0 Å². The molecule has 0 saturated heterocycles. The molecule has 0 bridgehead atoms. The lowest BCUT2D eigenvalue weighted by Crippen LogP contribution is -2.09. The van der Waals surface area contributed by atoms with Crippen molar-refractivity contribution in [3.05, 3.63) is 29.3 Å². The maximum absolute atomic E-state index is 11.3. The number of aryl methyl sites for hydroxylation is 1. The Balaban J connectivity index is 0.000000845. The van der Waals surface area contributed by atoms with Gasteiger partial charge in [0.05, 0.1) is 0 Å². The molecule has 70 valence electrons. The van der Waals surface area contributed by atoms with Crippen LogP contribution in [0.2, 0.25) is 0 Å². The lowest BCUT2D eigenvalue weighted by atomic mass is 9.91. The number of carbonyl (C=O) groups excluding carboxylic acids is 1. The van der Waals surface area contributed by atoms with Crippen molar-refractivity contribution in [2.45, 2.75) is 19.3 Å². The van der Waals surface area contributed by atoms with Crippen LogP contribution in [0.1, 0.15) is 28.8 Å². The lowest BCUT2D eigenvalue weighted by Gasteiger charge is -2.13. The summed E-state index contributed by atoms with van der Waals surface area (Å²) in [4.78, 5) is 11.3. The summed E-state index contributed by atoms with van der Waals surface area (Å²) in [5.74, 6) is 0.458. The second-order valence-corrected chi connectivity index (χ2v) is 3.12. The Hall–Kier alpha value is -1.02. The highest BCUT2D eigenvalue weighted by Gasteiger charge is 2.16. The molecule has 0 unspecified atom stereocenters. The number of fused-ring (bicyclic) bond motifs is 1. The van der Waals surface area contributed by atoms with Crippen LogP contribution in [0.5, 0.6) is 5.75 Å². The van der Waals surface area contributed by atoms with Crippen molar-refractivity contribution < 1.29 is 9.90 Å². The zero-order chi connectivity index (χ0) is 8.55. The Morgan fingerprint density at radius 1 is 1.23 bits per heavy atom. The minimum atomic E-state index is 0. The SMILES string of the molecule is Cl.O=C1CCCc2cc(O)ccc21. The van der Waals surface area contributed by atoms with E-state index in [1.165, 1.54) is 0 Å². The number of hydrogen-bond donors (Lipinski definition) is 1. The van der Waals surface area contributed by atoms with Gasteiger partial charge in [0.2, 0.25) is 0 Å². The quantitative estimate of drug-likeness (QED) is 0.695. The fraction of sp³-hybridized carbons (Fsp3) is 0.300. The molecule has 1 aliphatic rings. The van der Waals surface area contributed by atoms with Crippen LogP contribution in [0, 0.1) is 0 Å². The summed E-state index contributed by atoms with van der Waals surface area (Å²) < 4.78 is 0. The van der Waals surface area contributed by atoms with Gasteiger partial charge in [-0.25, -0.2) is 0 Å². The van der Waals surface area contributed by atoms with Crippen molar-refractivity contribution in [2.75, 3.05) is 0 Å². The second kappa shape index (κ2) is 3.79. The molecule has 0 spiro atoms. The highest BCUT2D eigenvalue weighted by molar-refractivity contribution is 5.98. The van der Waals surface area contributed by atoms with Gasteiger partial charge in [-0.05, 0) is 36.6 Å². The first-order valence-electron chi connectivity index (χ1n) is 4.12. The molecule has 1 N–H and O–H groups in total. The van der Waals surface area contributed by atoms with Gasteiger partial charge in [0.15, 0.2) is 5.78 Å². The summed E-state index contributed by atoms with van der Waals surface area (Å²) in [7, 11) is 0. The van der Waals surface area contributed by atoms with Gasteiger partial charge < -0.3 is 5.11 Å². The zero-order valence-electron chi connectivity index (χ0n) is 7.12. The van der Waals surface area contributed by atoms with Gasteiger partial charge in [0.25, 0.3) is 0 Å². The summed E-state index contributed by atoms with van der Waals surface area (Å²) in [5.41, 5.74) is 1.78. The van der Waals surface area contributed by atoms with Gasteiger partial charge in [0.1, 0.15) is 5.75 Å². The first-order valence-corrected chi connectivity index (χ1v) is 4.12. The van der Waals surface area contributed by atoms with Crippen molar-refractivity contribution in [3.8, 4) is 5.75 Å². The smallest absolute Gasteiger partial charge is 0.163 e. The maximum atomic E-state index is 11.3.